The third-order valence-corrected chi connectivity index (χ3v) is 5.90. The standard InChI is InChI=1S/C21H34N4O/c1-15-10-16(2)13-25(12-15)21(3,4)14-22-20(26)18-11-23-24-19(18)17-8-6-5-7-9-17/h5-9,15-16,18-19,23-24H,10-14H2,1-4H3,(H,22,26). The molecule has 5 heteroatoms. The second-order valence-electron chi connectivity index (χ2n) is 8.90. The lowest BCUT2D eigenvalue weighted by atomic mass is 9.87. The number of hydrazine groups is 1. The first-order chi connectivity index (χ1) is 12.4. The van der Waals surface area contributed by atoms with Gasteiger partial charge in [0.05, 0.1) is 12.0 Å². The molecular weight excluding hydrogens is 324 g/mol. The van der Waals surface area contributed by atoms with Crippen LogP contribution >= 0.6 is 0 Å². The van der Waals surface area contributed by atoms with Crippen molar-refractivity contribution in [2.24, 2.45) is 17.8 Å². The zero-order chi connectivity index (χ0) is 18.7. The summed E-state index contributed by atoms with van der Waals surface area (Å²) in [6.07, 6.45) is 1.30. The summed E-state index contributed by atoms with van der Waals surface area (Å²) in [7, 11) is 0. The molecule has 2 aliphatic heterocycles. The Hall–Kier alpha value is -1.43. The molecule has 0 aliphatic carbocycles. The number of amides is 1. The van der Waals surface area contributed by atoms with Crippen LogP contribution in [-0.2, 0) is 4.79 Å². The summed E-state index contributed by atoms with van der Waals surface area (Å²) in [6, 6.07) is 10.2. The Labute approximate surface area is 157 Å². The lowest BCUT2D eigenvalue weighted by Crippen LogP contribution is -2.56. The minimum atomic E-state index is -0.0904. The maximum atomic E-state index is 12.9. The van der Waals surface area contributed by atoms with Gasteiger partial charge in [-0.15, -0.1) is 0 Å². The summed E-state index contributed by atoms with van der Waals surface area (Å²) in [5.41, 5.74) is 7.53. The highest BCUT2D eigenvalue weighted by atomic mass is 16.2. The van der Waals surface area contributed by atoms with Gasteiger partial charge in [0, 0.05) is 31.7 Å². The summed E-state index contributed by atoms with van der Waals surface area (Å²) >= 11 is 0. The summed E-state index contributed by atoms with van der Waals surface area (Å²) < 4.78 is 0. The van der Waals surface area contributed by atoms with Crippen molar-refractivity contribution in [2.75, 3.05) is 26.2 Å². The fourth-order valence-electron chi connectivity index (χ4n) is 4.42. The molecule has 2 fully saturated rings. The average molecular weight is 359 g/mol. The number of nitrogens with one attached hydrogen (secondary N) is 3. The zero-order valence-corrected chi connectivity index (χ0v) is 16.6. The van der Waals surface area contributed by atoms with Gasteiger partial charge in [-0.3, -0.25) is 15.1 Å². The van der Waals surface area contributed by atoms with Gasteiger partial charge in [-0.05, 0) is 37.7 Å². The van der Waals surface area contributed by atoms with Crippen molar-refractivity contribution in [3.63, 3.8) is 0 Å². The quantitative estimate of drug-likeness (QED) is 0.756. The van der Waals surface area contributed by atoms with Crippen LogP contribution in [-0.4, -0.2) is 42.5 Å². The van der Waals surface area contributed by atoms with Crippen LogP contribution in [0.15, 0.2) is 30.3 Å². The first-order valence-electron chi connectivity index (χ1n) is 9.93. The van der Waals surface area contributed by atoms with Crippen molar-refractivity contribution in [2.45, 2.75) is 45.7 Å². The molecule has 0 radical (unpaired) electrons. The molecule has 4 atom stereocenters. The summed E-state index contributed by atoms with van der Waals surface area (Å²) in [5.74, 6) is 1.48. The van der Waals surface area contributed by atoms with Gasteiger partial charge in [-0.2, -0.15) is 0 Å². The molecular formula is C21H34N4O. The molecule has 5 nitrogen and oxygen atoms in total. The van der Waals surface area contributed by atoms with E-state index in [1.54, 1.807) is 0 Å². The Morgan fingerprint density at radius 2 is 1.85 bits per heavy atom. The first-order valence-corrected chi connectivity index (χ1v) is 9.93. The maximum absolute atomic E-state index is 12.9. The SMILES string of the molecule is CC1CC(C)CN(C(C)(C)CNC(=O)C2CNNC2c2ccccc2)C1. The fourth-order valence-corrected chi connectivity index (χ4v) is 4.42. The largest absolute Gasteiger partial charge is 0.354 e. The first kappa shape index (κ1) is 19.3. The van der Waals surface area contributed by atoms with Gasteiger partial charge in [0.1, 0.15) is 0 Å². The molecule has 0 aromatic heterocycles. The van der Waals surface area contributed by atoms with E-state index in [0.29, 0.717) is 13.1 Å². The van der Waals surface area contributed by atoms with Gasteiger partial charge in [-0.1, -0.05) is 44.2 Å². The van der Waals surface area contributed by atoms with Crippen molar-refractivity contribution >= 4 is 5.91 Å². The van der Waals surface area contributed by atoms with E-state index in [4.69, 9.17) is 0 Å². The summed E-state index contributed by atoms with van der Waals surface area (Å²) in [5, 5.41) is 3.23. The zero-order valence-electron chi connectivity index (χ0n) is 16.6. The van der Waals surface area contributed by atoms with Crippen LogP contribution in [0.3, 0.4) is 0 Å². The number of piperidine rings is 1. The van der Waals surface area contributed by atoms with Gasteiger partial charge in [0.25, 0.3) is 0 Å². The van der Waals surface area contributed by atoms with E-state index in [1.165, 1.54) is 6.42 Å². The number of benzene rings is 1. The molecule has 26 heavy (non-hydrogen) atoms. The Morgan fingerprint density at radius 1 is 1.19 bits per heavy atom. The molecule has 0 bridgehead atoms. The molecule has 0 spiro atoms. The van der Waals surface area contributed by atoms with E-state index >= 15 is 0 Å². The Bertz CT molecular complexity index is 593. The number of carbonyl (C=O) groups excluding carboxylic acids is 1. The molecule has 0 saturated carbocycles. The third kappa shape index (κ3) is 4.45. The molecule has 3 rings (SSSR count). The molecule has 4 unspecified atom stereocenters. The monoisotopic (exact) mass is 358 g/mol. The smallest absolute Gasteiger partial charge is 0.226 e. The highest BCUT2D eigenvalue weighted by molar-refractivity contribution is 5.80. The van der Waals surface area contributed by atoms with E-state index in [-0.39, 0.29) is 23.4 Å². The highest BCUT2D eigenvalue weighted by Gasteiger charge is 2.36. The molecule has 2 saturated heterocycles. The van der Waals surface area contributed by atoms with Gasteiger partial charge in [0.15, 0.2) is 0 Å². The van der Waals surface area contributed by atoms with Crippen molar-refractivity contribution < 1.29 is 4.79 Å². The predicted molar refractivity (Wildman–Crippen MR) is 105 cm³/mol. The Kier molecular flexibility index (Phi) is 6.00. The lowest BCUT2D eigenvalue weighted by Gasteiger charge is -2.45. The van der Waals surface area contributed by atoms with Gasteiger partial charge < -0.3 is 5.32 Å². The maximum Gasteiger partial charge on any atom is 0.226 e. The number of carbonyl (C=O) groups is 1. The summed E-state index contributed by atoms with van der Waals surface area (Å²) in [6.45, 7) is 12.7. The molecule has 2 heterocycles. The third-order valence-electron chi connectivity index (χ3n) is 5.90. The second kappa shape index (κ2) is 8.07. The lowest BCUT2D eigenvalue weighted by molar-refractivity contribution is -0.125. The Balaban J connectivity index is 1.59. The normalized spacial score (nSPS) is 30.3. The van der Waals surface area contributed by atoms with E-state index in [9.17, 15) is 4.79 Å². The molecule has 144 valence electrons. The topological polar surface area (TPSA) is 56.4 Å². The van der Waals surface area contributed by atoms with E-state index in [0.717, 1.165) is 30.5 Å². The van der Waals surface area contributed by atoms with Crippen molar-refractivity contribution in [1.82, 2.24) is 21.1 Å². The second-order valence-corrected chi connectivity index (χ2v) is 8.90. The number of rotatable bonds is 5. The van der Waals surface area contributed by atoms with Crippen LogP contribution < -0.4 is 16.2 Å². The van der Waals surface area contributed by atoms with Crippen LogP contribution in [0.5, 0.6) is 0 Å². The predicted octanol–water partition coefficient (Wildman–Crippen LogP) is 2.32. The molecule has 1 amide bonds. The van der Waals surface area contributed by atoms with Gasteiger partial charge in [0.2, 0.25) is 5.91 Å². The molecule has 1 aromatic rings. The Morgan fingerprint density at radius 3 is 2.50 bits per heavy atom. The highest BCUT2D eigenvalue weighted by Crippen LogP contribution is 2.28. The molecule has 3 N–H and O–H groups in total. The number of likely N-dealkylation sites (tertiary alicyclic amines) is 1. The van der Waals surface area contributed by atoms with E-state index in [2.05, 4.69) is 60.9 Å². The van der Waals surface area contributed by atoms with Crippen molar-refractivity contribution in [3.05, 3.63) is 35.9 Å². The van der Waals surface area contributed by atoms with Crippen LogP contribution in [0.4, 0.5) is 0 Å². The average Bonchev–Trinajstić information content (AvgIpc) is 3.09. The van der Waals surface area contributed by atoms with Crippen molar-refractivity contribution in [1.29, 1.82) is 0 Å². The minimum Gasteiger partial charge on any atom is -0.354 e. The number of nitrogens with zero attached hydrogens (tertiary/aromatic N) is 1. The van der Waals surface area contributed by atoms with E-state index in [1.807, 2.05) is 18.2 Å². The van der Waals surface area contributed by atoms with Crippen LogP contribution in [0.2, 0.25) is 0 Å². The van der Waals surface area contributed by atoms with Crippen molar-refractivity contribution in [3.8, 4) is 0 Å². The van der Waals surface area contributed by atoms with Crippen LogP contribution in [0.25, 0.3) is 0 Å². The number of hydrogen-bond donors (Lipinski definition) is 3. The summed E-state index contributed by atoms with van der Waals surface area (Å²) in [4.78, 5) is 15.4. The van der Waals surface area contributed by atoms with Crippen LogP contribution in [0, 0.1) is 17.8 Å². The fraction of sp³-hybridized carbons (Fsp3) is 0.667. The van der Waals surface area contributed by atoms with Crippen LogP contribution in [0.1, 0.15) is 45.7 Å². The minimum absolute atomic E-state index is 0.0225. The molecule has 1 aromatic carbocycles. The van der Waals surface area contributed by atoms with E-state index < -0.39 is 0 Å². The number of hydrogen-bond acceptors (Lipinski definition) is 4. The van der Waals surface area contributed by atoms with Gasteiger partial charge in [-0.25, -0.2) is 5.43 Å². The molecule has 2 aliphatic rings. The van der Waals surface area contributed by atoms with Gasteiger partial charge >= 0.3 is 0 Å².